The van der Waals surface area contributed by atoms with E-state index < -0.39 is 0 Å². The zero-order chi connectivity index (χ0) is 13.3. The molecule has 0 saturated carbocycles. The number of rotatable bonds is 3. The standard InChI is InChI=1S/C12H9Cl4NS/c1-17-11(7-5-10(15)18-12(7)16)6-2-3-8(13)9(14)4-6/h2-5,11,17H,1H3. The fourth-order valence-corrected chi connectivity index (χ4v) is 3.58. The lowest BCUT2D eigenvalue weighted by atomic mass is 10.0. The van der Waals surface area contributed by atoms with Crippen LogP contribution in [0.4, 0.5) is 0 Å². The van der Waals surface area contributed by atoms with Crippen LogP contribution in [0.1, 0.15) is 17.2 Å². The molecule has 0 bridgehead atoms. The number of thiophene rings is 1. The van der Waals surface area contributed by atoms with Gasteiger partial charge in [-0.25, -0.2) is 0 Å². The zero-order valence-corrected chi connectivity index (χ0v) is 13.1. The Morgan fingerprint density at radius 2 is 1.78 bits per heavy atom. The van der Waals surface area contributed by atoms with Crippen LogP contribution in [-0.2, 0) is 0 Å². The molecule has 6 heteroatoms. The van der Waals surface area contributed by atoms with Crippen molar-refractivity contribution in [3.63, 3.8) is 0 Å². The Balaban J connectivity index is 2.45. The lowest BCUT2D eigenvalue weighted by Crippen LogP contribution is -2.17. The Labute approximate surface area is 130 Å². The van der Waals surface area contributed by atoms with Crippen LogP contribution in [0.2, 0.25) is 18.7 Å². The summed E-state index contributed by atoms with van der Waals surface area (Å²) in [5.74, 6) is 0. The summed E-state index contributed by atoms with van der Waals surface area (Å²) in [6.45, 7) is 0. The van der Waals surface area contributed by atoms with Crippen LogP contribution < -0.4 is 5.32 Å². The second kappa shape index (κ2) is 6.00. The molecule has 1 N–H and O–H groups in total. The topological polar surface area (TPSA) is 12.0 Å². The Morgan fingerprint density at radius 3 is 2.28 bits per heavy atom. The molecule has 1 nitrogen and oxygen atoms in total. The summed E-state index contributed by atoms with van der Waals surface area (Å²) >= 11 is 25.4. The van der Waals surface area contributed by atoms with E-state index in [9.17, 15) is 0 Å². The molecule has 1 heterocycles. The first-order valence-corrected chi connectivity index (χ1v) is 7.42. The Bertz CT molecular complexity index is 567. The minimum atomic E-state index is -0.0592. The normalized spacial score (nSPS) is 12.7. The van der Waals surface area contributed by atoms with Crippen LogP contribution in [0.5, 0.6) is 0 Å². The lowest BCUT2D eigenvalue weighted by molar-refractivity contribution is 0.694. The Kier molecular flexibility index (Phi) is 4.81. The first-order valence-electron chi connectivity index (χ1n) is 5.10. The number of halogens is 4. The summed E-state index contributed by atoms with van der Waals surface area (Å²) in [6.07, 6.45) is 0. The monoisotopic (exact) mass is 339 g/mol. The predicted molar refractivity (Wildman–Crippen MR) is 81.7 cm³/mol. The fourth-order valence-electron chi connectivity index (χ4n) is 1.74. The van der Waals surface area contributed by atoms with Gasteiger partial charge in [-0.2, -0.15) is 0 Å². The third-order valence-electron chi connectivity index (χ3n) is 2.56. The molecule has 2 aromatic rings. The second-order valence-corrected chi connectivity index (χ2v) is 6.77. The van der Waals surface area contributed by atoms with Crippen molar-refractivity contribution in [3.05, 3.63) is 54.1 Å². The minimum Gasteiger partial charge on any atom is -0.309 e. The summed E-state index contributed by atoms with van der Waals surface area (Å²) < 4.78 is 1.33. The van der Waals surface area contributed by atoms with Gasteiger partial charge in [-0.1, -0.05) is 52.5 Å². The number of hydrogen-bond donors (Lipinski definition) is 1. The summed E-state index contributed by atoms with van der Waals surface area (Å²) in [5, 5.41) is 4.25. The molecule has 0 fully saturated rings. The maximum Gasteiger partial charge on any atom is 0.0995 e. The van der Waals surface area contributed by atoms with Crippen molar-refractivity contribution >= 4 is 57.7 Å². The smallest absolute Gasteiger partial charge is 0.0995 e. The van der Waals surface area contributed by atoms with Crippen LogP contribution in [-0.4, -0.2) is 7.05 Å². The average molecular weight is 341 g/mol. The first kappa shape index (κ1) is 14.4. The van der Waals surface area contributed by atoms with E-state index in [1.165, 1.54) is 11.3 Å². The van der Waals surface area contributed by atoms with Gasteiger partial charge in [-0.05, 0) is 30.8 Å². The molecule has 0 aliphatic heterocycles. The Hall–Kier alpha value is 0.0400. The van der Waals surface area contributed by atoms with E-state index in [-0.39, 0.29) is 6.04 Å². The highest BCUT2D eigenvalue weighted by Crippen LogP contribution is 2.38. The second-order valence-electron chi connectivity index (χ2n) is 3.67. The molecule has 1 unspecified atom stereocenters. The molecule has 0 spiro atoms. The quantitative estimate of drug-likeness (QED) is 0.758. The average Bonchev–Trinajstić information content (AvgIpc) is 2.64. The third kappa shape index (κ3) is 2.96. The highest BCUT2D eigenvalue weighted by Gasteiger charge is 2.18. The largest absolute Gasteiger partial charge is 0.309 e. The van der Waals surface area contributed by atoms with Crippen LogP contribution in [0, 0.1) is 0 Å². The summed E-state index contributed by atoms with van der Waals surface area (Å²) in [6, 6.07) is 7.31. The number of nitrogens with one attached hydrogen (secondary N) is 1. The van der Waals surface area contributed by atoms with Crippen LogP contribution in [0.3, 0.4) is 0 Å². The van der Waals surface area contributed by atoms with Crippen molar-refractivity contribution in [2.24, 2.45) is 0 Å². The van der Waals surface area contributed by atoms with Gasteiger partial charge in [-0.15, -0.1) is 11.3 Å². The molecule has 0 aliphatic carbocycles. The summed E-state index contributed by atoms with van der Waals surface area (Å²) in [7, 11) is 1.86. The Morgan fingerprint density at radius 1 is 1.06 bits per heavy atom. The van der Waals surface area contributed by atoms with Crippen LogP contribution in [0.25, 0.3) is 0 Å². The maximum atomic E-state index is 6.17. The molecule has 0 saturated heterocycles. The molecule has 2 rings (SSSR count). The van der Waals surface area contributed by atoms with Crippen molar-refractivity contribution in [2.75, 3.05) is 7.05 Å². The fraction of sp³-hybridized carbons (Fsp3) is 0.167. The maximum absolute atomic E-state index is 6.17. The number of benzene rings is 1. The molecule has 96 valence electrons. The molecular formula is C12H9Cl4NS. The molecule has 1 aromatic heterocycles. The van der Waals surface area contributed by atoms with Crippen molar-refractivity contribution in [1.29, 1.82) is 0 Å². The summed E-state index contributed by atoms with van der Waals surface area (Å²) in [4.78, 5) is 0. The van der Waals surface area contributed by atoms with Crippen LogP contribution >= 0.6 is 57.7 Å². The van der Waals surface area contributed by atoms with Gasteiger partial charge in [0.1, 0.15) is 0 Å². The number of hydrogen-bond acceptors (Lipinski definition) is 2. The molecule has 0 amide bonds. The van der Waals surface area contributed by atoms with Gasteiger partial charge < -0.3 is 5.32 Å². The van der Waals surface area contributed by atoms with Crippen molar-refractivity contribution in [2.45, 2.75) is 6.04 Å². The van der Waals surface area contributed by atoms with Gasteiger partial charge in [-0.3, -0.25) is 0 Å². The van der Waals surface area contributed by atoms with Gasteiger partial charge in [0.15, 0.2) is 0 Å². The lowest BCUT2D eigenvalue weighted by Gasteiger charge is -2.16. The van der Waals surface area contributed by atoms with Crippen molar-refractivity contribution < 1.29 is 0 Å². The van der Waals surface area contributed by atoms with Gasteiger partial charge in [0.2, 0.25) is 0 Å². The highest BCUT2D eigenvalue weighted by molar-refractivity contribution is 7.20. The van der Waals surface area contributed by atoms with E-state index in [0.717, 1.165) is 11.1 Å². The van der Waals surface area contributed by atoms with Crippen molar-refractivity contribution in [1.82, 2.24) is 5.32 Å². The summed E-state index contributed by atoms with van der Waals surface area (Å²) in [5.41, 5.74) is 1.93. The van der Waals surface area contributed by atoms with Crippen LogP contribution in [0.15, 0.2) is 24.3 Å². The van der Waals surface area contributed by atoms with Gasteiger partial charge >= 0.3 is 0 Å². The molecule has 18 heavy (non-hydrogen) atoms. The highest BCUT2D eigenvalue weighted by atomic mass is 35.5. The van der Waals surface area contributed by atoms with E-state index >= 15 is 0 Å². The van der Waals surface area contributed by atoms with E-state index in [4.69, 9.17) is 46.4 Å². The molecule has 1 atom stereocenters. The van der Waals surface area contributed by atoms with E-state index in [1.807, 2.05) is 25.2 Å². The van der Waals surface area contributed by atoms with Gasteiger partial charge in [0.05, 0.1) is 24.8 Å². The zero-order valence-electron chi connectivity index (χ0n) is 9.31. The van der Waals surface area contributed by atoms with E-state index in [0.29, 0.717) is 18.7 Å². The minimum absolute atomic E-state index is 0.0592. The van der Waals surface area contributed by atoms with Gasteiger partial charge in [0, 0.05) is 5.56 Å². The van der Waals surface area contributed by atoms with E-state index in [1.54, 1.807) is 6.07 Å². The first-order chi connectivity index (χ1) is 8.52. The molecule has 1 aromatic carbocycles. The molecular weight excluding hydrogens is 332 g/mol. The predicted octanol–water partition coefficient (Wildman–Crippen LogP) is 5.67. The van der Waals surface area contributed by atoms with Crippen molar-refractivity contribution in [3.8, 4) is 0 Å². The molecule has 0 radical (unpaired) electrons. The SMILES string of the molecule is CNC(c1ccc(Cl)c(Cl)c1)c1cc(Cl)sc1Cl. The van der Waals surface area contributed by atoms with E-state index in [2.05, 4.69) is 5.32 Å². The van der Waals surface area contributed by atoms with Gasteiger partial charge in [0.25, 0.3) is 0 Å². The third-order valence-corrected chi connectivity index (χ3v) is 4.82. The molecule has 0 aliphatic rings.